The zero-order valence-corrected chi connectivity index (χ0v) is 9.78. The van der Waals surface area contributed by atoms with Crippen LogP contribution in [0.1, 0.15) is 12.5 Å². The maximum atomic E-state index is 5.94. The summed E-state index contributed by atoms with van der Waals surface area (Å²) in [5.74, 6) is 0. The van der Waals surface area contributed by atoms with Crippen molar-refractivity contribution in [3.05, 3.63) is 48.6 Å². The zero-order valence-electron chi connectivity index (χ0n) is 9.78. The number of nitrogens with one attached hydrogen (secondary N) is 1. The van der Waals surface area contributed by atoms with Gasteiger partial charge in [0.15, 0.2) is 0 Å². The second-order valence-electron chi connectivity index (χ2n) is 4.49. The fraction of sp³-hybridized carbons (Fsp3) is 0.429. The van der Waals surface area contributed by atoms with Gasteiger partial charge in [0.25, 0.3) is 0 Å². The topological polar surface area (TPSA) is 21.3 Å². The van der Waals surface area contributed by atoms with E-state index < -0.39 is 0 Å². The molecule has 1 heterocycles. The molecule has 1 fully saturated rings. The van der Waals surface area contributed by atoms with Crippen molar-refractivity contribution in [3.63, 3.8) is 0 Å². The van der Waals surface area contributed by atoms with Crippen molar-refractivity contribution in [1.29, 1.82) is 0 Å². The van der Waals surface area contributed by atoms with E-state index in [1.807, 2.05) is 12.1 Å². The van der Waals surface area contributed by atoms with Gasteiger partial charge in [-0.05, 0) is 12.5 Å². The van der Waals surface area contributed by atoms with Gasteiger partial charge >= 0.3 is 0 Å². The van der Waals surface area contributed by atoms with Gasteiger partial charge in [0, 0.05) is 13.0 Å². The van der Waals surface area contributed by atoms with Gasteiger partial charge < -0.3 is 10.1 Å². The van der Waals surface area contributed by atoms with Gasteiger partial charge in [-0.3, -0.25) is 0 Å². The van der Waals surface area contributed by atoms with Crippen LogP contribution in [0.25, 0.3) is 0 Å². The van der Waals surface area contributed by atoms with E-state index in [2.05, 4.69) is 43.1 Å². The predicted octanol–water partition coefficient (Wildman–Crippen LogP) is 2.16. The van der Waals surface area contributed by atoms with Crippen LogP contribution in [0.5, 0.6) is 0 Å². The second-order valence-corrected chi connectivity index (χ2v) is 4.49. The van der Waals surface area contributed by atoms with E-state index in [0.29, 0.717) is 0 Å². The highest BCUT2D eigenvalue weighted by Crippen LogP contribution is 2.24. The summed E-state index contributed by atoms with van der Waals surface area (Å²) in [4.78, 5) is 0. The largest absolute Gasteiger partial charge is 0.372 e. The number of benzene rings is 1. The van der Waals surface area contributed by atoms with E-state index >= 15 is 0 Å². The molecule has 1 aliphatic rings. The van der Waals surface area contributed by atoms with Crippen molar-refractivity contribution >= 4 is 0 Å². The lowest BCUT2D eigenvalue weighted by Gasteiger charge is -2.40. The summed E-state index contributed by atoms with van der Waals surface area (Å²) >= 11 is 0. The van der Waals surface area contributed by atoms with Gasteiger partial charge in [-0.25, -0.2) is 0 Å². The second kappa shape index (κ2) is 4.81. The first-order chi connectivity index (χ1) is 7.74. The number of ether oxygens (including phenoxy) is 1. The maximum absolute atomic E-state index is 5.94. The van der Waals surface area contributed by atoms with Crippen LogP contribution in [-0.4, -0.2) is 24.8 Å². The molecule has 1 saturated heterocycles. The Morgan fingerprint density at radius 2 is 2.25 bits per heavy atom. The fourth-order valence-electron chi connectivity index (χ4n) is 2.30. The molecule has 2 rings (SSSR count). The van der Waals surface area contributed by atoms with E-state index in [-0.39, 0.29) is 11.6 Å². The minimum Gasteiger partial charge on any atom is -0.372 e. The van der Waals surface area contributed by atoms with E-state index in [1.54, 1.807) is 0 Å². The first-order valence-electron chi connectivity index (χ1n) is 5.78. The molecule has 1 aromatic rings. The molecule has 0 aromatic heterocycles. The maximum Gasteiger partial charge on any atom is 0.0883 e. The van der Waals surface area contributed by atoms with Gasteiger partial charge in [-0.1, -0.05) is 36.4 Å². The lowest BCUT2D eigenvalue weighted by atomic mass is 9.87. The highest BCUT2D eigenvalue weighted by atomic mass is 16.5. The minimum absolute atomic E-state index is 0.179. The SMILES string of the molecule is C=CC1NCCOC1(C)Cc1ccccc1. The van der Waals surface area contributed by atoms with E-state index in [1.165, 1.54) is 5.56 Å². The van der Waals surface area contributed by atoms with Crippen molar-refractivity contribution in [3.8, 4) is 0 Å². The molecule has 2 atom stereocenters. The molecule has 2 heteroatoms. The standard InChI is InChI=1S/C14H19NO/c1-3-13-14(2,16-10-9-15-13)11-12-7-5-4-6-8-12/h3-8,13,15H,1,9-11H2,2H3. The minimum atomic E-state index is -0.179. The number of hydrogen-bond acceptors (Lipinski definition) is 2. The Kier molecular flexibility index (Phi) is 3.42. The Morgan fingerprint density at radius 3 is 2.94 bits per heavy atom. The van der Waals surface area contributed by atoms with Gasteiger partial charge in [0.2, 0.25) is 0 Å². The summed E-state index contributed by atoms with van der Waals surface area (Å²) in [7, 11) is 0. The Balaban J connectivity index is 2.14. The van der Waals surface area contributed by atoms with E-state index in [0.717, 1.165) is 19.6 Å². The fourth-order valence-corrected chi connectivity index (χ4v) is 2.30. The molecule has 1 aromatic carbocycles. The van der Waals surface area contributed by atoms with Crippen LogP contribution in [0, 0.1) is 0 Å². The van der Waals surface area contributed by atoms with E-state index in [9.17, 15) is 0 Å². The molecule has 0 radical (unpaired) electrons. The van der Waals surface area contributed by atoms with Gasteiger partial charge in [-0.15, -0.1) is 6.58 Å². The normalized spacial score (nSPS) is 29.9. The molecule has 1 aliphatic heterocycles. The molecule has 1 N–H and O–H groups in total. The van der Waals surface area contributed by atoms with Crippen LogP contribution in [0.3, 0.4) is 0 Å². The molecule has 2 nitrogen and oxygen atoms in total. The molecule has 0 aliphatic carbocycles. The number of rotatable bonds is 3. The molecule has 0 spiro atoms. The quantitative estimate of drug-likeness (QED) is 0.783. The van der Waals surface area contributed by atoms with Gasteiger partial charge in [0.05, 0.1) is 18.2 Å². The van der Waals surface area contributed by atoms with Crippen LogP contribution < -0.4 is 5.32 Å². The van der Waals surface area contributed by atoms with Crippen LogP contribution in [0.15, 0.2) is 43.0 Å². The van der Waals surface area contributed by atoms with Crippen molar-refractivity contribution in [2.24, 2.45) is 0 Å². The Morgan fingerprint density at radius 1 is 1.50 bits per heavy atom. The molecular weight excluding hydrogens is 198 g/mol. The zero-order chi connectivity index (χ0) is 11.4. The van der Waals surface area contributed by atoms with Crippen LogP contribution >= 0.6 is 0 Å². The summed E-state index contributed by atoms with van der Waals surface area (Å²) in [6.45, 7) is 7.71. The van der Waals surface area contributed by atoms with Gasteiger partial charge in [0.1, 0.15) is 0 Å². The number of morpholine rings is 1. The van der Waals surface area contributed by atoms with Crippen molar-refractivity contribution in [1.82, 2.24) is 5.32 Å². The molecule has 16 heavy (non-hydrogen) atoms. The van der Waals surface area contributed by atoms with Crippen molar-refractivity contribution < 1.29 is 4.74 Å². The highest BCUT2D eigenvalue weighted by molar-refractivity contribution is 5.19. The molecule has 0 saturated carbocycles. The molecule has 0 bridgehead atoms. The Bertz CT molecular complexity index is 349. The summed E-state index contributed by atoms with van der Waals surface area (Å²) in [6, 6.07) is 10.7. The average Bonchev–Trinajstić information content (AvgIpc) is 2.30. The third-order valence-corrected chi connectivity index (χ3v) is 3.19. The number of hydrogen-bond donors (Lipinski definition) is 1. The Hall–Kier alpha value is -1.12. The third-order valence-electron chi connectivity index (χ3n) is 3.19. The lowest BCUT2D eigenvalue weighted by Crippen LogP contribution is -2.56. The van der Waals surface area contributed by atoms with Gasteiger partial charge in [-0.2, -0.15) is 0 Å². The highest BCUT2D eigenvalue weighted by Gasteiger charge is 2.35. The molecule has 2 unspecified atom stereocenters. The summed E-state index contributed by atoms with van der Waals surface area (Å²) in [5.41, 5.74) is 1.13. The average molecular weight is 217 g/mol. The first kappa shape index (κ1) is 11.4. The van der Waals surface area contributed by atoms with E-state index in [4.69, 9.17) is 4.74 Å². The van der Waals surface area contributed by atoms with Crippen molar-refractivity contribution in [2.75, 3.05) is 13.2 Å². The molecule has 0 amide bonds. The van der Waals surface area contributed by atoms with Crippen LogP contribution in [0.4, 0.5) is 0 Å². The molecule has 86 valence electrons. The molecular formula is C14H19NO. The Labute approximate surface area is 97.3 Å². The first-order valence-corrected chi connectivity index (χ1v) is 5.78. The summed E-state index contributed by atoms with van der Waals surface area (Å²) in [5, 5.41) is 3.44. The van der Waals surface area contributed by atoms with Crippen molar-refractivity contribution in [2.45, 2.75) is 25.0 Å². The summed E-state index contributed by atoms with van der Waals surface area (Å²) in [6.07, 6.45) is 2.86. The summed E-state index contributed by atoms with van der Waals surface area (Å²) < 4.78 is 5.94. The van der Waals surface area contributed by atoms with Crippen LogP contribution in [-0.2, 0) is 11.2 Å². The third kappa shape index (κ3) is 2.34. The smallest absolute Gasteiger partial charge is 0.0883 e. The lowest BCUT2D eigenvalue weighted by molar-refractivity contribution is -0.0714. The predicted molar refractivity (Wildman–Crippen MR) is 66.5 cm³/mol. The van der Waals surface area contributed by atoms with Crippen LogP contribution in [0.2, 0.25) is 0 Å². The monoisotopic (exact) mass is 217 g/mol.